The molecule has 17 heavy (non-hydrogen) atoms. The van der Waals surface area contributed by atoms with E-state index in [1.807, 2.05) is 6.07 Å². The SMILES string of the molecule is O=C(CCc1ccc(Br)s1)NCC1CCNC1. The highest BCUT2D eigenvalue weighted by atomic mass is 79.9. The Morgan fingerprint density at radius 1 is 1.59 bits per heavy atom. The summed E-state index contributed by atoms with van der Waals surface area (Å²) in [4.78, 5) is 12.9. The minimum Gasteiger partial charge on any atom is -0.356 e. The molecule has 0 saturated carbocycles. The summed E-state index contributed by atoms with van der Waals surface area (Å²) in [7, 11) is 0. The second kappa shape index (κ2) is 6.52. The molecular weight excluding hydrogens is 300 g/mol. The van der Waals surface area contributed by atoms with Crippen LogP contribution >= 0.6 is 27.3 Å². The Kier molecular flexibility index (Phi) is 5.00. The molecule has 1 amide bonds. The van der Waals surface area contributed by atoms with Crippen molar-refractivity contribution in [3.05, 3.63) is 20.8 Å². The van der Waals surface area contributed by atoms with Gasteiger partial charge in [0.2, 0.25) is 5.91 Å². The highest BCUT2D eigenvalue weighted by molar-refractivity contribution is 9.11. The first kappa shape index (κ1) is 13.1. The van der Waals surface area contributed by atoms with Gasteiger partial charge in [0.1, 0.15) is 0 Å². The van der Waals surface area contributed by atoms with Gasteiger partial charge in [-0.2, -0.15) is 0 Å². The lowest BCUT2D eigenvalue weighted by molar-refractivity contribution is -0.121. The molecule has 0 radical (unpaired) electrons. The summed E-state index contributed by atoms with van der Waals surface area (Å²) in [5, 5.41) is 6.32. The van der Waals surface area contributed by atoms with E-state index in [2.05, 4.69) is 32.6 Å². The fourth-order valence-corrected chi connectivity index (χ4v) is 3.44. The smallest absolute Gasteiger partial charge is 0.220 e. The first-order valence-electron chi connectivity index (χ1n) is 5.95. The summed E-state index contributed by atoms with van der Waals surface area (Å²) in [6, 6.07) is 4.10. The normalized spacial score (nSPS) is 19.5. The average molecular weight is 317 g/mol. The summed E-state index contributed by atoms with van der Waals surface area (Å²) in [5.41, 5.74) is 0. The largest absolute Gasteiger partial charge is 0.356 e. The van der Waals surface area contributed by atoms with E-state index in [1.165, 1.54) is 11.3 Å². The molecule has 2 rings (SSSR count). The second-order valence-electron chi connectivity index (χ2n) is 4.37. The van der Waals surface area contributed by atoms with E-state index in [0.29, 0.717) is 12.3 Å². The molecule has 1 fully saturated rings. The van der Waals surface area contributed by atoms with Gasteiger partial charge < -0.3 is 10.6 Å². The van der Waals surface area contributed by atoms with E-state index in [4.69, 9.17) is 0 Å². The maximum absolute atomic E-state index is 11.6. The Hall–Kier alpha value is -0.390. The number of hydrogen-bond acceptors (Lipinski definition) is 3. The number of hydrogen-bond donors (Lipinski definition) is 2. The van der Waals surface area contributed by atoms with Crippen molar-refractivity contribution < 1.29 is 4.79 Å². The molecule has 0 spiro atoms. The van der Waals surface area contributed by atoms with Crippen molar-refractivity contribution in [1.29, 1.82) is 0 Å². The van der Waals surface area contributed by atoms with Crippen molar-refractivity contribution in [2.45, 2.75) is 19.3 Å². The van der Waals surface area contributed by atoms with Crippen LogP contribution in [0.2, 0.25) is 0 Å². The Labute approximate surface area is 114 Å². The van der Waals surface area contributed by atoms with Crippen LogP contribution in [0.3, 0.4) is 0 Å². The van der Waals surface area contributed by atoms with Crippen LogP contribution in [-0.4, -0.2) is 25.5 Å². The summed E-state index contributed by atoms with van der Waals surface area (Å²) >= 11 is 5.13. The first-order chi connectivity index (χ1) is 8.24. The zero-order chi connectivity index (χ0) is 12.1. The third-order valence-electron chi connectivity index (χ3n) is 2.98. The molecule has 94 valence electrons. The zero-order valence-corrected chi connectivity index (χ0v) is 12.1. The Morgan fingerprint density at radius 3 is 3.12 bits per heavy atom. The van der Waals surface area contributed by atoms with Gasteiger partial charge >= 0.3 is 0 Å². The fourth-order valence-electron chi connectivity index (χ4n) is 1.96. The molecule has 1 aromatic rings. The standard InChI is InChI=1S/C12H17BrN2OS/c13-11-3-1-10(17-11)2-4-12(16)15-8-9-5-6-14-7-9/h1,3,9,14H,2,4-8H2,(H,15,16). The van der Waals surface area contributed by atoms with Crippen molar-refractivity contribution >= 4 is 33.2 Å². The molecule has 0 aliphatic carbocycles. The van der Waals surface area contributed by atoms with Crippen LogP contribution in [0.15, 0.2) is 15.9 Å². The van der Waals surface area contributed by atoms with Crippen molar-refractivity contribution in [3.8, 4) is 0 Å². The third-order valence-corrected chi connectivity index (χ3v) is 4.66. The predicted molar refractivity (Wildman–Crippen MR) is 74.3 cm³/mol. The van der Waals surface area contributed by atoms with Crippen LogP contribution in [0.1, 0.15) is 17.7 Å². The molecule has 1 aliphatic heterocycles. The van der Waals surface area contributed by atoms with Gasteiger partial charge in [-0.3, -0.25) is 4.79 Å². The summed E-state index contributed by atoms with van der Waals surface area (Å²) < 4.78 is 1.13. The van der Waals surface area contributed by atoms with Crippen LogP contribution in [0.25, 0.3) is 0 Å². The molecule has 1 aliphatic rings. The van der Waals surface area contributed by atoms with Crippen molar-refractivity contribution in [1.82, 2.24) is 10.6 Å². The molecular formula is C12H17BrN2OS. The minimum atomic E-state index is 0.168. The van der Waals surface area contributed by atoms with E-state index in [-0.39, 0.29) is 5.91 Å². The lowest BCUT2D eigenvalue weighted by atomic mass is 10.1. The number of nitrogens with one attached hydrogen (secondary N) is 2. The topological polar surface area (TPSA) is 41.1 Å². The number of thiophene rings is 1. The van der Waals surface area contributed by atoms with Crippen LogP contribution < -0.4 is 10.6 Å². The molecule has 1 saturated heterocycles. The number of carbonyl (C=O) groups is 1. The first-order valence-corrected chi connectivity index (χ1v) is 7.56. The molecule has 3 nitrogen and oxygen atoms in total. The average Bonchev–Trinajstić information content (AvgIpc) is 2.95. The van der Waals surface area contributed by atoms with Gasteiger partial charge in [0.05, 0.1) is 3.79 Å². The Bertz CT molecular complexity index is 374. The van der Waals surface area contributed by atoms with Crippen molar-refractivity contribution in [2.75, 3.05) is 19.6 Å². The van der Waals surface area contributed by atoms with Gasteiger partial charge in [-0.25, -0.2) is 0 Å². The van der Waals surface area contributed by atoms with Gasteiger partial charge in [0, 0.05) is 17.8 Å². The lowest BCUT2D eigenvalue weighted by Gasteiger charge is -2.09. The Morgan fingerprint density at radius 2 is 2.47 bits per heavy atom. The molecule has 0 bridgehead atoms. The molecule has 1 unspecified atom stereocenters. The summed E-state index contributed by atoms with van der Waals surface area (Å²) in [5.74, 6) is 0.788. The van der Waals surface area contributed by atoms with Gasteiger partial charge in [-0.1, -0.05) is 0 Å². The van der Waals surface area contributed by atoms with Gasteiger partial charge in [-0.05, 0) is 59.9 Å². The van der Waals surface area contributed by atoms with E-state index < -0.39 is 0 Å². The van der Waals surface area contributed by atoms with Crippen molar-refractivity contribution in [2.24, 2.45) is 5.92 Å². The fraction of sp³-hybridized carbons (Fsp3) is 0.583. The summed E-state index contributed by atoms with van der Waals surface area (Å²) in [6.07, 6.45) is 2.61. The minimum absolute atomic E-state index is 0.168. The molecule has 2 N–H and O–H groups in total. The Balaban J connectivity index is 1.63. The molecule has 5 heteroatoms. The lowest BCUT2D eigenvalue weighted by Crippen LogP contribution is -2.30. The van der Waals surface area contributed by atoms with E-state index in [0.717, 1.165) is 29.8 Å². The molecule has 1 aromatic heterocycles. The quantitative estimate of drug-likeness (QED) is 0.874. The van der Waals surface area contributed by atoms with E-state index in [1.54, 1.807) is 11.3 Å². The maximum Gasteiger partial charge on any atom is 0.220 e. The van der Waals surface area contributed by atoms with Crippen LogP contribution in [0, 0.1) is 5.92 Å². The molecule has 1 atom stereocenters. The number of amides is 1. The summed E-state index contributed by atoms with van der Waals surface area (Å²) in [6.45, 7) is 2.95. The van der Waals surface area contributed by atoms with Crippen LogP contribution in [-0.2, 0) is 11.2 Å². The number of carbonyl (C=O) groups excluding carboxylic acids is 1. The highest BCUT2D eigenvalue weighted by Gasteiger charge is 2.14. The molecule has 2 heterocycles. The predicted octanol–water partition coefficient (Wildman–Crippen LogP) is 2.17. The number of halogens is 1. The second-order valence-corrected chi connectivity index (χ2v) is 6.92. The van der Waals surface area contributed by atoms with Crippen LogP contribution in [0.4, 0.5) is 0 Å². The van der Waals surface area contributed by atoms with E-state index in [9.17, 15) is 4.79 Å². The zero-order valence-electron chi connectivity index (χ0n) is 9.67. The maximum atomic E-state index is 11.6. The monoisotopic (exact) mass is 316 g/mol. The van der Waals surface area contributed by atoms with Crippen molar-refractivity contribution in [3.63, 3.8) is 0 Å². The number of rotatable bonds is 5. The van der Waals surface area contributed by atoms with Crippen LogP contribution in [0.5, 0.6) is 0 Å². The number of aryl methyl sites for hydroxylation is 1. The van der Waals surface area contributed by atoms with Gasteiger partial charge in [-0.15, -0.1) is 11.3 Å². The van der Waals surface area contributed by atoms with Gasteiger partial charge in [0.15, 0.2) is 0 Å². The van der Waals surface area contributed by atoms with Gasteiger partial charge in [0.25, 0.3) is 0 Å². The third kappa shape index (κ3) is 4.41. The van der Waals surface area contributed by atoms with E-state index >= 15 is 0 Å². The molecule has 0 aromatic carbocycles. The highest BCUT2D eigenvalue weighted by Crippen LogP contribution is 2.22.